The third-order valence-electron chi connectivity index (χ3n) is 2.36. The molecule has 0 bridgehead atoms. The van der Waals surface area contributed by atoms with Crippen LogP contribution in [-0.2, 0) is 7.05 Å². The van der Waals surface area contributed by atoms with Gasteiger partial charge in [-0.25, -0.2) is 4.39 Å². The van der Waals surface area contributed by atoms with Gasteiger partial charge in [-0.05, 0) is 23.8 Å². The van der Waals surface area contributed by atoms with Gasteiger partial charge in [-0.1, -0.05) is 17.7 Å². The summed E-state index contributed by atoms with van der Waals surface area (Å²) in [6, 6.07) is 5.89. The molecule has 0 aliphatic heterocycles. The lowest BCUT2D eigenvalue weighted by Gasteiger charge is -2.09. The fourth-order valence-corrected chi connectivity index (χ4v) is 1.59. The highest BCUT2D eigenvalue weighted by atomic mass is 35.5. The molecular formula is C11H11ClFN3. The molecule has 2 rings (SSSR count). The molecule has 2 N–H and O–H groups in total. The first-order chi connectivity index (χ1) is 7.58. The van der Waals surface area contributed by atoms with Crippen LogP contribution in [0.2, 0.25) is 5.02 Å². The van der Waals surface area contributed by atoms with Crippen LogP contribution in [-0.4, -0.2) is 9.78 Å². The second-order valence-electron chi connectivity index (χ2n) is 3.57. The maximum absolute atomic E-state index is 13.2. The third-order valence-corrected chi connectivity index (χ3v) is 2.66. The number of rotatable bonds is 2. The van der Waals surface area contributed by atoms with E-state index in [9.17, 15) is 4.39 Å². The van der Waals surface area contributed by atoms with E-state index in [0.29, 0.717) is 11.3 Å². The van der Waals surface area contributed by atoms with Gasteiger partial charge < -0.3 is 5.73 Å². The van der Waals surface area contributed by atoms with Crippen molar-refractivity contribution < 1.29 is 4.39 Å². The Kier molecular flexibility index (Phi) is 2.94. The van der Waals surface area contributed by atoms with Crippen LogP contribution in [0, 0.1) is 5.82 Å². The van der Waals surface area contributed by atoms with Crippen molar-refractivity contribution in [2.75, 3.05) is 0 Å². The summed E-state index contributed by atoms with van der Waals surface area (Å²) in [7, 11) is 1.80. The molecule has 0 unspecified atom stereocenters. The zero-order chi connectivity index (χ0) is 11.7. The van der Waals surface area contributed by atoms with Gasteiger partial charge in [0, 0.05) is 13.2 Å². The first-order valence-corrected chi connectivity index (χ1v) is 5.16. The molecular weight excluding hydrogens is 229 g/mol. The van der Waals surface area contributed by atoms with Crippen molar-refractivity contribution >= 4 is 11.6 Å². The van der Waals surface area contributed by atoms with Gasteiger partial charge in [0.2, 0.25) is 0 Å². The van der Waals surface area contributed by atoms with E-state index in [1.54, 1.807) is 30.1 Å². The summed E-state index contributed by atoms with van der Waals surface area (Å²) in [5, 5.41) is 4.27. The van der Waals surface area contributed by atoms with Gasteiger partial charge >= 0.3 is 0 Å². The van der Waals surface area contributed by atoms with Gasteiger partial charge in [0.05, 0.1) is 16.8 Å². The lowest BCUT2D eigenvalue weighted by molar-refractivity contribution is 0.622. The standard InChI is InChI=1S/C11H11ClFN3/c1-16-5-4-10(15-16)11(14)7-2-3-8(12)9(13)6-7/h2-6,11H,14H2,1H3/t11-/m1/s1. The van der Waals surface area contributed by atoms with Crippen LogP contribution in [0.5, 0.6) is 0 Å². The van der Waals surface area contributed by atoms with E-state index in [-0.39, 0.29) is 5.02 Å². The van der Waals surface area contributed by atoms with Crippen LogP contribution in [0.3, 0.4) is 0 Å². The third kappa shape index (κ3) is 2.08. The van der Waals surface area contributed by atoms with Crippen LogP contribution in [0.15, 0.2) is 30.5 Å². The van der Waals surface area contributed by atoms with Crippen molar-refractivity contribution in [2.24, 2.45) is 12.8 Å². The number of halogens is 2. The Bertz CT molecular complexity index is 510. The number of aryl methyl sites for hydroxylation is 1. The first kappa shape index (κ1) is 11.1. The second-order valence-corrected chi connectivity index (χ2v) is 3.97. The van der Waals surface area contributed by atoms with Crippen molar-refractivity contribution in [3.8, 4) is 0 Å². The fraction of sp³-hybridized carbons (Fsp3) is 0.182. The molecule has 0 radical (unpaired) electrons. The molecule has 0 amide bonds. The number of nitrogens with two attached hydrogens (primary N) is 1. The van der Waals surface area contributed by atoms with Crippen LogP contribution < -0.4 is 5.73 Å². The minimum absolute atomic E-state index is 0.0944. The molecule has 0 saturated heterocycles. The molecule has 0 saturated carbocycles. The smallest absolute Gasteiger partial charge is 0.142 e. The normalized spacial score (nSPS) is 12.8. The Labute approximate surface area is 97.6 Å². The summed E-state index contributed by atoms with van der Waals surface area (Å²) in [4.78, 5) is 0. The van der Waals surface area contributed by atoms with Gasteiger partial charge in [0.1, 0.15) is 5.82 Å². The Hall–Kier alpha value is -1.39. The molecule has 84 valence electrons. The summed E-state index contributed by atoms with van der Waals surface area (Å²) in [5.41, 5.74) is 7.31. The van der Waals surface area contributed by atoms with Crippen molar-refractivity contribution in [1.82, 2.24) is 9.78 Å². The molecule has 2 aromatic rings. The van der Waals surface area contributed by atoms with Gasteiger partial charge in [0.15, 0.2) is 0 Å². The Balaban J connectivity index is 2.33. The topological polar surface area (TPSA) is 43.8 Å². The predicted molar refractivity (Wildman–Crippen MR) is 60.6 cm³/mol. The van der Waals surface area contributed by atoms with Gasteiger partial charge in [-0.2, -0.15) is 5.10 Å². The van der Waals surface area contributed by atoms with E-state index in [2.05, 4.69) is 5.10 Å². The van der Waals surface area contributed by atoms with E-state index in [1.807, 2.05) is 0 Å². The minimum Gasteiger partial charge on any atom is -0.319 e. The SMILES string of the molecule is Cn1ccc([C@H](N)c2ccc(Cl)c(F)c2)n1. The first-order valence-electron chi connectivity index (χ1n) is 4.78. The Morgan fingerprint density at radius 1 is 1.44 bits per heavy atom. The maximum Gasteiger partial charge on any atom is 0.142 e. The van der Waals surface area contributed by atoms with Crippen molar-refractivity contribution in [3.63, 3.8) is 0 Å². The number of aromatic nitrogens is 2. The average molecular weight is 240 g/mol. The fourth-order valence-electron chi connectivity index (χ4n) is 1.48. The molecule has 16 heavy (non-hydrogen) atoms. The van der Waals surface area contributed by atoms with Crippen LogP contribution in [0.25, 0.3) is 0 Å². The highest BCUT2D eigenvalue weighted by molar-refractivity contribution is 6.30. The summed E-state index contributed by atoms with van der Waals surface area (Å²) in [5.74, 6) is -0.467. The predicted octanol–water partition coefficient (Wildman–Crippen LogP) is 2.26. The van der Waals surface area contributed by atoms with Crippen molar-refractivity contribution in [2.45, 2.75) is 6.04 Å². The molecule has 3 nitrogen and oxygen atoms in total. The molecule has 0 aliphatic rings. The quantitative estimate of drug-likeness (QED) is 0.874. The average Bonchev–Trinajstić information content (AvgIpc) is 2.68. The molecule has 1 aromatic heterocycles. The lowest BCUT2D eigenvalue weighted by Crippen LogP contribution is -2.13. The zero-order valence-electron chi connectivity index (χ0n) is 8.69. The Morgan fingerprint density at radius 3 is 2.75 bits per heavy atom. The maximum atomic E-state index is 13.2. The van der Waals surface area contributed by atoms with Gasteiger partial charge in [0.25, 0.3) is 0 Å². The van der Waals surface area contributed by atoms with Gasteiger partial charge in [-0.3, -0.25) is 4.68 Å². The number of benzene rings is 1. The summed E-state index contributed by atoms with van der Waals surface area (Å²) >= 11 is 5.60. The van der Waals surface area contributed by atoms with E-state index < -0.39 is 11.9 Å². The number of nitrogens with zero attached hydrogens (tertiary/aromatic N) is 2. The summed E-state index contributed by atoms with van der Waals surface area (Å²) < 4.78 is 14.9. The Morgan fingerprint density at radius 2 is 2.19 bits per heavy atom. The van der Waals surface area contributed by atoms with Crippen LogP contribution in [0.4, 0.5) is 4.39 Å². The highest BCUT2D eigenvalue weighted by Crippen LogP contribution is 2.22. The molecule has 1 aromatic carbocycles. The largest absolute Gasteiger partial charge is 0.319 e. The van der Waals surface area contributed by atoms with Crippen molar-refractivity contribution in [1.29, 1.82) is 0 Å². The molecule has 0 aliphatic carbocycles. The minimum atomic E-state index is -0.467. The summed E-state index contributed by atoms with van der Waals surface area (Å²) in [6.07, 6.45) is 1.79. The molecule has 5 heteroatoms. The molecule has 0 fully saturated rings. The van der Waals surface area contributed by atoms with E-state index in [1.165, 1.54) is 12.1 Å². The molecule has 1 heterocycles. The molecule has 0 spiro atoms. The summed E-state index contributed by atoms with van der Waals surface area (Å²) in [6.45, 7) is 0. The van der Waals surface area contributed by atoms with Gasteiger partial charge in [-0.15, -0.1) is 0 Å². The van der Waals surface area contributed by atoms with Crippen LogP contribution >= 0.6 is 11.6 Å². The number of hydrogen-bond acceptors (Lipinski definition) is 2. The van der Waals surface area contributed by atoms with E-state index in [4.69, 9.17) is 17.3 Å². The number of hydrogen-bond donors (Lipinski definition) is 1. The van der Waals surface area contributed by atoms with Crippen molar-refractivity contribution in [3.05, 3.63) is 52.6 Å². The van der Waals surface area contributed by atoms with E-state index >= 15 is 0 Å². The lowest BCUT2D eigenvalue weighted by atomic mass is 10.1. The molecule has 1 atom stereocenters. The van der Waals surface area contributed by atoms with E-state index in [0.717, 1.165) is 0 Å². The van der Waals surface area contributed by atoms with Crippen LogP contribution in [0.1, 0.15) is 17.3 Å². The zero-order valence-corrected chi connectivity index (χ0v) is 9.45. The monoisotopic (exact) mass is 239 g/mol. The highest BCUT2D eigenvalue weighted by Gasteiger charge is 2.13. The second kappa shape index (κ2) is 4.23.